The summed E-state index contributed by atoms with van der Waals surface area (Å²) < 4.78 is 0. The van der Waals surface area contributed by atoms with Crippen molar-refractivity contribution >= 4 is 11.4 Å². The van der Waals surface area contributed by atoms with Crippen molar-refractivity contribution in [3.05, 3.63) is 53.2 Å². The van der Waals surface area contributed by atoms with Gasteiger partial charge in [0.05, 0.1) is 6.10 Å². The van der Waals surface area contributed by atoms with E-state index in [1.54, 1.807) is 0 Å². The van der Waals surface area contributed by atoms with Crippen LogP contribution in [0.3, 0.4) is 0 Å². The second-order valence-electron chi connectivity index (χ2n) is 8.19. The number of allylic oxidation sites excluding steroid dienone is 1. The summed E-state index contributed by atoms with van der Waals surface area (Å²) in [5, 5.41) is 21.9. The van der Waals surface area contributed by atoms with Crippen LogP contribution in [-0.2, 0) is 6.54 Å². The van der Waals surface area contributed by atoms with Gasteiger partial charge < -0.3 is 15.3 Å². The second-order valence-corrected chi connectivity index (χ2v) is 8.19. The summed E-state index contributed by atoms with van der Waals surface area (Å²) in [5.74, 6) is 0.601. The lowest BCUT2D eigenvalue weighted by atomic mass is 9.92. The molecule has 4 rings (SSSR count). The number of rotatable bonds is 4. The molecule has 2 heterocycles. The molecule has 150 valence electrons. The SMILES string of the molecule is C/C=C1\C(=N)N(C2CCC(O)CC2)C=C1c1ccc(CN2CCNCC2)cc1. The molecule has 3 N–H and O–H groups in total. The fourth-order valence-corrected chi connectivity index (χ4v) is 4.60. The number of aliphatic hydroxyl groups is 1. The van der Waals surface area contributed by atoms with E-state index in [2.05, 4.69) is 51.7 Å². The largest absolute Gasteiger partial charge is 0.393 e. The molecule has 2 fully saturated rings. The molecular weight excluding hydrogens is 348 g/mol. The molecule has 0 unspecified atom stereocenters. The predicted molar refractivity (Wildman–Crippen MR) is 114 cm³/mol. The molecule has 0 radical (unpaired) electrons. The minimum Gasteiger partial charge on any atom is -0.393 e. The van der Waals surface area contributed by atoms with Gasteiger partial charge in [-0.1, -0.05) is 30.3 Å². The van der Waals surface area contributed by atoms with E-state index in [4.69, 9.17) is 5.41 Å². The lowest BCUT2D eigenvalue weighted by molar-refractivity contribution is 0.106. The van der Waals surface area contributed by atoms with Crippen LogP contribution in [0.25, 0.3) is 5.57 Å². The van der Waals surface area contributed by atoms with Gasteiger partial charge in [-0.25, -0.2) is 0 Å². The molecule has 0 bridgehead atoms. The van der Waals surface area contributed by atoms with E-state index in [9.17, 15) is 5.11 Å². The third-order valence-electron chi connectivity index (χ3n) is 6.30. The van der Waals surface area contributed by atoms with Gasteiger partial charge in [-0.2, -0.15) is 0 Å². The minimum absolute atomic E-state index is 0.166. The molecule has 1 aliphatic carbocycles. The molecule has 1 aromatic carbocycles. The summed E-state index contributed by atoms with van der Waals surface area (Å²) in [5.41, 5.74) is 4.69. The first-order valence-electron chi connectivity index (χ1n) is 10.6. The monoisotopic (exact) mass is 380 g/mol. The molecule has 1 saturated carbocycles. The van der Waals surface area contributed by atoms with Gasteiger partial charge in [-0.05, 0) is 43.7 Å². The van der Waals surface area contributed by atoms with Crippen molar-refractivity contribution in [2.45, 2.75) is 51.3 Å². The number of piperazine rings is 1. The first kappa shape index (κ1) is 19.4. The Balaban J connectivity index is 1.49. The molecule has 0 amide bonds. The number of hydrogen-bond acceptors (Lipinski definition) is 4. The van der Waals surface area contributed by atoms with Gasteiger partial charge in [-0.15, -0.1) is 0 Å². The number of nitrogens with zero attached hydrogens (tertiary/aromatic N) is 2. The average molecular weight is 381 g/mol. The maximum absolute atomic E-state index is 9.80. The van der Waals surface area contributed by atoms with Crippen LogP contribution in [0.2, 0.25) is 0 Å². The van der Waals surface area contributed by atoms with E-state index in [1.165, 1.54) is 11.1 Å². The fourth-order valence-electron chi connectivity index (χ4n) is 4.60. The Hall–Kier alpha value is -1.95. The van der Waals surface area contributed by atoms with E-state index >= 15 is 0 Å². The predicted octanol–water partition coefficient (Wildman–Crippen LogP) is 2.98. The van der Waals surface area contributed by atoms with Crippen molar-refractivity contribution < 1.29 is 5.11 Å². The number of amidine groups is 1. The van der Waals surface area contributed by atoms with Gasteiger partial charge in [0, 0.05) is 56.1 Å². The van der Waals surface area contributed by atoms with Crippen molar-refractivity contribution in [3.63, 3.8) is 0 Å². The van der Waals surface area contributed by atoms with E-state index in [1.807, 2.05) is 6.92 Å². The van der Waals surface area contributed by atoms with E-state index in [-0.39, 0.29) is 6.10 Å². The summed E-state index contributed by atoms with van der Waals surface area (Å²) in [4.78, 5) is 4.62. The Labute approximate surface area is 168 Å². The molecular formula is C23H32N4O. The maximum atomic E-state index is 9.80. The van der Waals surface area contributed by atoms with Crippen molar-refractivity contribution in [1.82, 2.24) is 15.1 Å². The second kappa shape index (κ2) is 8.60. The lowest BCUT2D eigenvalue weighted by Gasteiger charge is -2.32. The van der Waals surface area contributed by atoms with Crippen LogP contribution in [0.4, 0.5) is 0 Å². The number of hydrogen-bond donors (Lipinski definition) is 3. The van der Waals surface area contributed by atoms with Crippen LogP contribution in [0.15, 0.2) is 42.1 Å². The van der Waals surface area contributed by atoms with Gasteiger partial charge in [0.1, 0.15) is 5.84 Å². The standard InChI is InChI=1S/C23H32N4O/c1-2-21-22(16-27(23(21)24)19-7-9-20(28)10-8-19)18-5-3-17(4-6-18)15-26-13-11-25-12-14-26/h2-6,16,19-20,24-25,28H,7-15H2,1H3/b21-2-,24-23?. The number of benzene rings is 1. The quantitative estimate of drug-likeness (QED) is 0.752. The molecule has 1 saturated heterocycles. The third kappa shape index (κ3) is 4.07. The van der Waals surface area contributed by atoms with Crippen LogP contribution in [0, 0.1) is 5.41 Å². The van der Waals surface area contributed by atoms with Gasteiger partial charge in [0.25, 0.3) is 0 Å². The first-order chi connectivity index (χ1) is 13.7. The van der Waals surface area contributed by atoms with Crippen LogP contribution in [0.1, 0.15) is 43.7 Å². The minimum atomic E-state index is -0.166. The highest BCUT2D eigenvalue weighted by molar-refractivity contribution is 6.15. The Morgan fingerprint density at radius 2 is 1.79 bits per heavy atom. The third-order valence-corrected chi connectivity index (χ3v) is 6.30. The fraction of sp³-hybridized carbons (Fsp3) is 0.522. The molecule has 0 aromatic heterocycles. The van der Waals surface area contributed by atoms with E-state index < -0.39 is 0 Å². The molecule has 5 nitrogen and oxygen atoms in total. The highest BCUT2D eigenvalue weighted by Gasteiger charge is 2.32. The Morgan fingerprint density at radius 3 is 2.43 bits per heavy atom. The molecule has 2 aliphatic heterocycles. The Morgan fingerprint density at radius 1 is 1.11 bits per heavy atom. The van der Waals surface area contributed by atoms with Gasteiger partial charge in [-0.3, -0.25) is 10.3 Å². The zero-order valence-corrected chi connectivity index (χ0v) is 16.8. The van der Waals surface area contributed by atoms with Crippen LogP contribution in [-0.4, -0.2) is 59.1 Å². The number of aliphatic hydroxyl groups excluding tert-OH is 1. The van der Waals surface area contributed by atoms with Gasteiger partial charge in [0.2, 0.25) is 0 Å². The zero-order chi connectivity index (χ0) is 19.5. The molecule has 0 spiro atoms. The zero-order valence-electron chi connectivity index (χ0n) is 16.8. The van der Waals surface area contributed by atoms with Gasteiger partial charge >= 0.3 is 0 Å². The summed E-state index contributed by atoms with van der Waals surface area (Å²) in [6.07, 6.45) is 7.63. The van der Waals surface area contributed by atoms with E-state index in [0.29, 0.717) is 11.9 Å². The summed E-state index contributed by atoms with van der Waals surface area (Å²) in [6, 6.07) is 9.20. The van der Waals surface area contributed by atoms with Crippen molar-refractivity contribution in [1.29, 1.82) is 5.41 Å². The normalized spacial score (nSPS) is 28.1. The molecule has 3 aliphatic rings. The van der Waals surface area contributed by atoms with Gasteiger partial charge in [0.15, 0.2) is 0 Å². The Kier molecular flexibility index (Phi) is 5.95. The van der Waals surface area contributed by atoms with Crippen LogP contribution in [0.5, 0.6) is 0 Å². The van der Waals surface area contributed by atoms with Crippen LogP contribution < -0.4 is 5.32 Å². The summed E-state index contributed by atoms with van der Waals surface area (Å²) >= 11 is 0. The highest BCUT2D eigenvalue weighted by Crippen LogP contribution is 2.36. The topological polar surface area (TPSA) is 62.6 Å². The van der Waals surface area contributed by atoms with E-state index in [0.717, 1.165) is 69.6 Å². The molecule has 1 aromatic rings. The van der Waals surface area contributed by atoms with Crippen molar-refractivity contribution in [2.24, 2.45) is 0 Å². The summed E-state index contributed by atoms with van der Waals surface area (Å²) in [7, 11) is 0. The van der Waals surface area contributed by atoms with Crippen LogP contribution >= 0.6 is 0 Å². The molecule has 5 heteroatoms. The average Bonchev–Trinajstić information content (AvgIpc) is 3.06. The number of nitrogens with one attached hydrogen (secondary N) is 2. The smallest absolute Gasteiger partial charge is 0.132 e. The Bertz CT molecular complexity index is 753. The maximum Gasteiger partial charge on any atom is 0.132 e. The molecule has 28 heavy (non-hydrogen) atoms. The van der Waals surface area contributed by atoms with Crippen molar-refractivity contribution in [2.75, 3.05) is 26.2 Å². The van der Waals surface area contributed by atoms with Crippen molar-refractivity contribution in [3.8, 4) is 0 Å². The molecule has 0 atom stereocenters. The lowest BCUT2D eigenvalue weighted by Crippen LogP contribution is -2.42. The first-order valence-corrected chi connectivity index (χ1v) is 10.6. The summed E-state index contributed by atoms with van der Waals surface area (Å²) in [6.45, 7) is 7.39. The highest BCUT2D eigenvalue weighted by atomic mass is 16.3.